The van der Waals surface area contributed by atoms with E-state index >= 15 is 0 Å². The van der Waals surface area contributed by atoms with Gasteiger partial charge in [0.05, 0.1) is 36.4 Å². The first-order valence-corrected chi connectivity index (χ1v) is 8.24. The Kier molecular flexibility index (Phi) is 4.21. The number of nitrogens with one attached hydrogen (secondary N) is 1. The van der Waals surface area contributed by atoms with Crippen LogP contribution >= 0.6 is 0 Å². The zero-order valence-electron chi connectivity index (χ0n) is 14.7. The summed E-state index contributed by atoms with van der Waals surface area (Å²) in [5.41, 5.74) is 3.06. The van der Waals surface area contributed by atoms with Crippen molar-refractivity contribution in [2.75, 3.05) is 12.4 Å². The van der Waals surface area contributed by atoms with Crippen molar-refractivity contribution in [1.29, 1.82) is 0 Å². The fourth-order valence-corrected chi connectivity index (χ4v) is 2.55. The molecule has 10 heteroatoms. The normalized spacial score (nSPS) is 10.9. The molecule has 10 nitrogen and oxygen atoms in total. The van der Waals surface area contributed by atoms with Crippen molar-refractivity contribution < 1.29 is 9.53 Å². The molecule has 136 valence electrons. The van der Waals surface area contributed by atoms with Gasteiger partial charge in [-0.25, -0.2) is 9.78 Å². The summed E-state index contributed by atoms with van der Waals surface area (Å²) in [6.07, 6.45) is 5.17. The van der Waals surface area contributed by atoms with Gasteiger partial charge in [0.2, 0.25) is 5.95 Å². The fourth-order valence-electron chi connectivity index (χ4n) is 2.55. The van der Waals surface area contributed by atoms with Gasteiger partial charge in [-0.15, -0.1) is 5.10 Å². The topological polar surface area (TPSA) is 113 Å². The minimum absolute atomic E-state index is 0.397. The maximum absolute atomic E-state index is 11.6. The van der Waals surface area contributed by atoms with Crippen LogP contribution in [0.15, 0.2) is 42.9 Å². The third-order valence-corrected chi connectivity index (χ3v) is 3.94. The second kappa shape index (κ2) is 6.83. The number of benzene rings is 1. The lowest BCUT2D eigenvalue weighted by molar-refractivity contribution is 0.0600. The molecule has 0 radical (unpaired) electrons. The van der Waals surface area contributed by atoms with Crippen LogP contribution in [0.1, 0.15) is 17.3 Å². The quantitative estimate of drug-likeness (QED) is 0.535. The predicted octanol–water partition coefficient (Wildman–Crippen LogP) is 1.96. The molecule has 0 bridgehead atoms. The van der Waals surface area contributed by atoms with Crippen LogP contribution < -0.4 is 5.32 Å². The number of methoxy groups -OCH3 is 1. The molecule has 0 saturated heterocycles. The highest BCUT2D eigenvalue weighted by molar-refractivity contribution is 5.89. The maximum Gasteiger partial charge on any atom is 0.337 e. The lowest BCUT2D eigenvalue weighted by atomic mass is 10.2. The van der Waals surface area contributed by atoms with Crippen LogP contribution in [0, 0.1) is 0 Å². The summed E-state index contributed by atoms with van der Waals surface area (Å²) in [5, 5.41) is 15.5. The second-order valence-electron chi connectivity index (χ2n) is 5.65. The molecule has 3 heterocycles. The molecule has 27 heavy (non-hydrogen) atoms. The number of carbonyl (C=O) groups excluding carboxylic acids is 1. The number of nitrogens with zero attached hydrogens (tertiary/aromatic N) is 7. The zero-order valence-corrected chi connectivity index (χ0v) is 14.7. The van der Waals surface area contributed by atoms with Crippen molar-refractivity contribution in [2.45, 2.75) is 13.5 Å². The molecule has 0 amide bonds. The van der Waals surface area contributed by atoms with Crippen molar-refractivity contribution in [2.24, 2.45) is 0 Å². The average Bonchev–Trinajstić information content (AvgIpc) is 3.34. The first-order chi connectivity index (χ1) is 13.2. The van der Waals surface area contributed by atoms with E-state index in [2.05, 4.69) is 30.7 Å². The van der Waals surface area contributed by atoms with Crippen molar-refractivity contribution >= 4 is 28.8 Å². The van der Waals surface area contributed by atoms with Crippen molar-refractivity contribution in [1.82, 2.24) is 34.7 Å². The first-order valence-electron chi connectivity index (χ1n) is 8.24. The number of hydrogen-bond acceptors (Lipinski definition) is 8. The van der Waals surface area contributed by atoms with E-state index in [-0.39, 0.29) is 0 Å². The summed E-state index contributed by atoms with van der Waals surface area (Å²) in [6, 6.07) is 6.82. The van der Waals surface area contributed by atoms with Gasteiger partial charge >= 0.3 is 5.97 Å². The molecule has 0 unspecified atom stereocenters. The number of aromatic nitrogens is 7. The van der Waals surface area contributed by atoms with Crippen LogP contribution in [0.4, 0.5) is 11.6 Å². The van der Waals surface area contributed by atoms with Crippen LogP contribution in [0.25, 0.3) is 16.9 Å². The number of hydrogen-bond donors (Lipinski definition) is 1. The molecule has 0 aliphatic heterocycles. The van der Waals surface area contributed by atoms with Gasteiger partial charge in [0.25, 0.3) is 0 Å². The van der Waals surface area contributed by atoms with Gasteiger partial charge in [0, 0.05) is 12.7 Å². The number of carbonyl (C=O) groups is 1. The minimum atomic E-state index is -0.397. The molecule has 1 aromatic carbocycles. The first kappa shape index (κ1) is 16.6. The molecular formula is C17H16N8O2. The highest BCUT2D eigenvalue weighted by Crippen LogP contribution is 2.18. The average molecular weight is 364 g/mol. The molecule has 0 fully saturated rings. The lowest BCUT2D eigenvalue weighted by Crippen LogP contribution is -2.03. The number of rotatable bonds is 5. The summed E-state index contributed by atoms with van der Waals surface area (Å²) in [5.74, 6) is 0.0133. The van der Waals surface area contributed by atoms with Crippen LogP contribution in [0.2, 0.25) is 0 Å². The minimum Gasteiger partial charge on any atom is -0.465 e. The van der Waals surface area contributed by atoms with E-state index in [9.17, 15) is 4.79 Å². The van der Waals surface area contributed by atoms with E-state index in [4.69, 9.17) is 4.74 Å². The standard InChI is InChI=1S/C17H16N8O2/c1-3-24-10-12(8-19-24)20-17-18-9-14-15(21-17)25(23-22-14)13-6-4-11(5-7-13)16(26)27-2/h4-10H,3H2,1-2H3,(H,18,20,21). The lowest BCUT2D eigenvalue weighted by Gasteiger charge is -2.05. The number of anilines is 2. The van der Waals surface area contributed by atoms with Crippen LogP contribution in [0.5, 0.6) is 0 Å². The summed E-state index contributed by atoms with van der Waals surface area (Å²) in [7, 11) is 1.34. The molecule has 0 aliphatic rings. The number of ether oxygens (including phenoxy) is 1. The van der Waals surface area contributed by atoms with E-state index in [0.29, 0.717) is 28.4 Å². The molecule has 3 aromatic heterocycles. The Balaban J connectivity index is 1.66. The summed E-state index contributed by atoms with van der Waals surface area (Å²) >= 11 is 0. The molecule has 0 atom stereocenters. The molecule has 4 rings (SSSR count). The van der Waals surface area contributed by atoms with Gasteiger partial charge in [0.1, 0.15) is 0 Å². The summed E-state index contributed by atoms with van der Waals surface area (Å²) < 4.78 is 8.09. The van der Waals surface area contributed by atoms with Gasteiger partial charge in [0.15, 0.2) is 11.2 Å². The van der Waals surface area contributed by atoms with Gasteiger partial charge in [-0.1, -0.05) is 5.21 Å². The Bertz CT molecular complexity index is 1100. The Morgan fingerprint density at radius 2 is 2.04 bits per heavy atom. The summed E-state index contributed by atoms with van der Waals surface area (Å²) in [6.45, 7) is 2.79. The molecule has 0 saturated carbocycles. The Morgan fingerprint density at radius 1 is 1.22 bits per heavy atom. The molecule has 0 aliphatic carbocycles. The third-order valence-electron chi connectivity index (χ3n) is 3.94. The van der Waals surface area contributed by atoms with Crippen molar-refractivity contribution in [3.05, 3.63) is 48.4 Å². The Morgan fingerprint density at radius 3 is 2.74 bits per heavy atom. The highest BCUT2D eigenvalue weighted by atomic mass is 16.5. The van der Waals surface area contributed by atoms with Crippen molar-refractivity contribution in [3.63, 3.8) is 0 Å². The predicted molar refractivity (Wildman–Crippen MR) is 97.0 cm³/mol. The van der Waals surface area contributed by atoms with E-state index < -0.39 is 5.97 Å². The van der Waals surface area contributed by atoms with Gasteiger partial charge < -0.3 is 10.1 Å². The third kappa shape index (κ3) is 3.19. The fraction of sp³-hybridized carbons (Fsp3) is 0.176. The Hall–Kier alpha value is -3.82. The maximum atomic E-state index is 11.6. The number of aryl methyl sites for hydroxylation is 1. The van der Waals surface area contributed by atoms with E-state index in [1.165, 1.54) is 7.11 Å². The molecule has 4 aromatic rings. The highest BCUT2D eigenvalue weighted by Gasteiger charge is 2.12. The van der Waals surface area contributed by atoms with E-state index in [1.54, 1.807) is 46.0 Å². The molecule has 1 N–H and O–H groups in total. The van der Waals surface area contributed by atoms with Crippen LogP contribution in [0.3, 0.4) is 0 Å². The number of fused-ring (bicyclic) bond motifs is 1. The largest absolute Gasteiger partial charge is 0.465 e. The van der Waals surface area contributed by atoms with Crippen LogP contribution in [-0.4, -0.2) is 47.8 Å². The number of esters is 1. The molecule has 0 spiro atoms. The van der Waals surface area contributed by atoms with Crippen LogP contribution in [-0.2, 0) is 11.3 Å². The smallest absolute Gasteiger partial charge is 0.337 e. The second-order valence-corrected chi connectivity index (χ2v) is 5.65. The van der Waals surface area contributed by atoms with E-state index in [1.807, 2.05) is 13.1 Å². The van der Waals surface area contributed by atoms with E-state index in [0.717, 1.165) is 12.2 Å². The van der Waals surface area contributed by atoms with Gasteiger partial charge in [-0.05, 0) is 31.2 Å². The summed E-state index contributed by atoms with van der Waals surface area (Å²) in [4.78, 5) is 20.3. The molecular weight excluding hydrogens is 348 g/mol. The zero-order chi connectivity index (χ0) is 18.8. The Labute approximate surface area is 153 Å². The van der Waals surface area contributed by atoms with Gasteiger partial charge in [-0.3, -0.25) is 4.68 Å². The van der Waals surface area contributed by atoms with Crippen molar-refractivity contribution in [3.8, 4) is 5.69 Å². The van der Waals surface area contributed by atoms with Gasteiger partial charge in [-0.2, -0.15) is 14.8 Å². The SMILES string of the molecule is CCn1cc(Nc2ncc3nnn(-c4ccc(C(=O)OC)cc4)c3n2)cn1. The monoisotopic (exact) mass is 364 g/mol.